The van der Waals surface area contributed by atoms with Gasteiger partial charge < -0.3 is 15.0 Å². The number of carboxylic acids is 1. The molecule has 0 spiro atoms. The molecule has 0 radical (unpaired) electrons. The van der Waals surface area contributed by atoms with Crippen molar-refractivity contribution in [1.29, 1.82) is 0 Å². The molecule has 20 heavy (non-hydrogen) atoms. The van der Waals surface area contributed by atoms with Gasteiger partial charge in [-0.1, -0.05) is 6.92 Å². The van der Waals surface area contributed by atoms with E-state index in [2.05, 4.69) is 4.98 Å². The third kappa shape index (κ3) is 2.33. The molecule has 2 heterocycles. The number of carboxylic acid groups (broad SMARTS) is 1. The van der Waals surface area contributed by atoms with Gasteiger partial charge in [-0.15, -0.1) is 0 Å². The molecule has 0 aromatic carbocycles. The largest absolute Gasteiger partial charge is 0.481 e. The number of H-pyrrole nitrogens is 1. The molecule has 2 N–H and O–H groups in total. The van der Waals surface area contributed by atoms with Crippen molar-refractivity contribution >= 4 is 17.7 Å². The van der Waals surface area contributed by atoms with Crippen LogP contribution < -0.4 is 0 Å². The molecule has 0 aliphatic carbocycles. The van der Waals surface area contributed by atoms with Crippen LogP contribution in [0.25, 0.3) is 0 Å². The lowest BCUT2D eigenvalue weighted by atomic mass is 9.84. The number of likely N-dealkylation sites (tertiary alicyclic amines) is 1. The maximum absolute atomic E-state index is 12.3. The van der Waals surface area contributed by atoms with Gasteiger partial charge in [0.2, 0.25) is 0 Å². The summed E-state index contributed by atoms with van der Waals surface area (Å²) in [6, 6.07) is 1.51. The van der Waals surface area contributed by atoms with Crippen LogP contribution in [0, 0.1) is 5.41 Å². The number of hydrogen-bond acceptors (Lipinski definition) is 3. The lowest BCUT2D eigenvalue weighted by Gasteiger charge is -2.22. The summed E-state index contributed by atoms with van der Waals surface area (Å²) in [5, 5.41) is 9.32. The highest BCUT2D eigenvalue weighted by atomic mass is 16.4. The number of nitrogens with one attached hydrogen (secondary N) is 1. The number of Topliss-reactive ketones (excluding diaryl/α,β-unsaturated/α-hetero) is 1. The van der Waals surface area contributed by atoms with Crippen LogP contribution in [-0.2, 0) is 4.79 Å². The number of hydrogen-bond donors (Lipinski definition) is 2. The predicted molar refractivity (Wildman–Crippen MR) is 71.7 cm³/mol. The zero-order valence-corrected chi connectivity index (χ0v) is 11.6. The predicted octanol–water partition coefficient (Wildman–Crippen LogP) is 1.54. The van der Waals surface area contributed by atoms with Crippen molar-refractivity contribution in [1.82, 2.24) is 9.88 Å². The normalized spacial score (nSPS) is 22.0. The topological polar surface area (TPSA) is 90.5 Å². The number of nitrogens with zero attached hydrogens (tertiary/aromatic N) is 1. The van der Waals surface area contributed by atoms with E-state index in [1.807, 2.05) is 6.92 Å². The number of rotatable bonds is 4. The Morgan fingerprint density at radius 2 is 2.15 bits per heavy atom. The molecule has 1 aliphatic rings. The van der Waals surface area contributed by atoms with Gasteiger partial charge in [-0.25, -0.2) is 0 Å². The first-order valence-corrected chi connectivity index (χ1v) is 6.61. The minimum Gasteiger partial charge on any atom is -0.481 e. The minimum absolute atomic E-state index is 0.116. The second-order valence-corrected chi connectivity index (χ2v) is 5.27. The van der Waals surface area contributed by atoms with Crippen molar-refractivity contribution in [3.63, 3.8) is 0 Å². The highest BCUT2D eigenvalue weighted by Crippen LogP contribution is 2.34. The van der Waals surface area contributed by atoms with Gasteiger partial charge in [0, 0.05) is 24.8 Å². The Hall–Kier alpha value is -2.11. The zero-order chi connectivity index (χ0) is 14.9. The molecular formula is C14H18N2O4. The summed E-state index contributed by atoms with van der Waals surface area (Å²) in [5.41, 5.74) is -0.0638. The van der Waals surface area contributed by atoms with Crippen LogP contribution >= 0.6 is 0 Å². The van der Waals surface area contributed by atoms with Crippen molar-refractivity contribution in [3.8, 4) is 0 Å². The number of aromatic nitrogens is 1. The molecule has 2 rings (SSSR count). The van der Waals surface area contributed by atoms with Gasteiger partial charge in [-0.3, -0.25) is 14.4 Å². The van der Waals surface area contributed by atoms with E-state index in [1.165, 1.54) is 24.1 Å². The first kappa shape index (κ1) is 14.3. The molecule has 1 unspecified atom stereocenters. The smallest absolute Gasteiger partial charge is 0.311 e. The van der Waals surface area contributed by atoms with Gasteiger partial charge in [-0.2, -0.15) is 0 Å². The Labute approximate surface area is 116 Å². The second kappa shape index (κ2) is 5.11. The van der Waals surface area contributed by atoms with E-state index in [4.69, 9.17) is 0 Å². The van der Waals surface area contributed by atoms with Gasteiger partial charge in [0.1, 0.15) is 5.69 Å². The third-order valence-electron chi connectivity index (χ3n) is 4.09. The monoisotopic (exact) mass is 278 g/mol. The number of carbonyl (C=O) groups excluding carboxylic acids is 2. The van der Waals surface area contributed by atoms with Crippen LogP contribution in [0.2, 0.25) is 0 Å². The molecule has 1 aliphatic heterocycles. The van der Waals surface area contributed by atoms with E-state index in [9.17, 15) is 19.5 Å². The molecule has 0 bridgehead atoms. The molecule has 1 atom stereocenters. The fraction of sp³-hybridized carbons (Fsp3) is 0.500. The summed E-state index contributed by atoms with van der Waals surface area (Å²) in [6.45, 7) is 3.89. The standard InChI is InChI=1S/C14H18N2O4/c1-3-14(13(19)20)4-5-16(8-14)12(18)11-6-10(7-15-11)9(2)17/h6-7,15H,3-5,8H2,1-2H3,(H,19,20). The maximum Gasteiger partial charge on any atom is 0.311 e. The van der Waals surface area contributed by atoms with Crippen molar-refractivity contribution in [2.75, 3.05) is 13.1 Å². The third-order valence-corrected chi connectivity index (χ3v) is 4.09. The maximum atomic E-state index is 12.3. The van der Waals surface area contributed by atoms with Crippen molar-refractivity contribution in [3.05, 3.63) is 23.5 Å². The Kier molecular flexibility index (Phi) is 3.65. The summed E-state index contributed by atoms with van der Waals surface area (Å²) in [6.07, 6.45) is 2.45. The molecular weight excluding hydrogens is 260 g/mol. The van der Waals surface area contributed by atoms with E-state index in [0.29, 0.717) is 30.6 Å². The van der Waals surface area contributed by atoms with Gasteiger partial charge in [0.25, 0.3) is 5.91 Å². The van der Waals surface area contributed by atoms with Crippen LogP contribution in [0.1, 0.15) is 47.5 Å². The first-order chi connectivity index (χ1) is 9.39. The van der Waals surface area contributed by atoms with Crippen LogP contribution in [-0.4, -0.2) is 45.7 Å². The van der Waals surface area contributed by atoms with Crippen LogP contribution in [0.4, 0.5) is 0 Å². The minimum atomic E-state index is -0.855. The number of aliphatic carboxylic acids is 1. The lowest BCUT2D eigenvalue weighted by molar-refractivity contribution is -0.148. The molecule has 0 saturated carbocycles. The van der Waals surface area contributed by atoms with E-state index >= 15 is 0 Å². The average molecular weight is 278 g/mol. The van der Waals surface area contributed by atoms with Crippen LogP contribution in [0.15, 0.2) is 12.3 Å². The summed E-state index contributed by atoms with van der Waals surface area (Å²) in [7, 11) is 0. The molecule has 6 heteroatoms. The van der Waals surface area contributed by atoms with Gasteiger partial charge >= 0.3 is 5.97 Å². The van der Waals surface area contributed by atoms with Crippen molar-refractivity contribution in [2.45, 2.75) is 26.7 Å². The number of amides is 1. The van der Waals surface area contributed by atoms with Crippen LogP contribution in [0.3, 0.4) is 0 Å². The molecule has 1 fully saturated rings. The van der Waals surface area contributed by atoms with E-state index in [-0.39, 0.29) is 18.2 Å². The summed E-state index contributed by atoms with van der Waals surface area (Å²) < 4.78 is 0. The van der Waals surface area contributed by atoms with Gasteiger partial charge in [0.05, 0.1) is 5.41 Å². The fourth-order valence-electron chi connectivity index (χ4n) is 2.55. The molecule has 1 aromatic rings. The number of ketones is 1. The highest BCUT2D eigenvalue weighted by Gasteiger charge is 2.45. The summed E-state index contributed by atoms with van der Waals surface area (Å²) in [5.74, 6) is -1.23. The summed E-state index contributed by atoms with van der Waals surface area (Å²) in [4.78, 5) is 39.2. The Bertz CT molecular complexity index is 563. The SMILES string of the molecule is CCC1(C(=O)O)CCN(C(=O)c2cc(C(C)=O)c[nH]2)C1. The van der Waals surface area contributed by atoms with E-state index in [1.54, 1.807) is 0 Å². The fourth-order valence-corrected chi connectivity index (χ4v) is 2.55. The molecule has 1 amide bonds. The molecule has 1 saturated heterocycles. The Balaban J connectivity index is 2.15. The second-order valence-electron chi connectivity index (χ2n) is 5.27. The molecule has 1 aromatic heterocycles. The lowest BCUT2D eigenvalue weighted by Crippen LogP contribution is -2.36. The van der Waals surface area contributed by atoms with Crippen molar-refractivity contribution < 1.29 is 19.5 Å². The molecule has 6 nitrogen and oxygen atoms in total. The number of carbonyl (C=O) groups is 3. The zero-order valence-electron chi connectivity index (χ0n) is 11.6. The highest BCUT2D eigenvalue weighted by molar-refractivity contribution is 5.99. The van der Waals surface area contributed by atoms with Crippen LogP contribution in [0.5, 0.6) is 0 Å². The average Bonchev–Trinajstić information content (AvgIpc) is 3.05. The Morgan fingerprint density at radius 1 is 1.45 bits per heavy atom. The number of aromatic amines is 1. The quantitative estimate of drug-likeness (QED) is 0.817. The molecule has 108 valence electrons. The van der Waals surface area contributed by atoms with Gasteiger partial charge in [0.15, 0.2) is 5.78 Å². The van der Waals surface area contributed by atoms with E-state index in [0.717, 1.165) is 0 Å². The Morgan fingerprint density at radius 3 is 2.60 bits per heavy atom. The van der Waals surface area contributed by atoms with Crippen molar-refractivity contribution in [2.24, 2.45) is 5.41 Å². The first-order valence-electron chi connectivity index (χ1n) is 6.61. The van der Waals surface area contributed by atoms with Gasteiger partial charge in [-0.05, 0) is 25.8 Å². The van der Waals surface area contributed by atoms with E-state index < -0.39 is 11.4 Å². The summed E-state index contributed by atoms with van der Waals surface area (Å²) >= 11 is 0.